The number of hydrogen-bond acceptors (Lipinski definition) is 1. The molecule has 2 N–H and O–H groups in total. The van der Waals surface area contributed by atoms with E-state index in [1.807, 2.05) is 30.5 Å². The maximum absolute atomic E-state index is 12.2. The van der Waals surface area contributed by atoms with Crippen LogP contribution in [-0.4, -0.2) is 10.9 Å². The van der Waals surface area contributed by atoms with Gasteiger partial charge < -0.3 is 10.3 Å². The summed E-state index contributed by atoms with van der Waals surface area (Å²) >= 11 is 11.9. The smallest absolute Gasteiger partial charge is 0.228 e. The number of hydrogen-bond donors (Lipinski definition) is 2. The average Bonchev–Trinajstić information content (AvgIpc) is 2.86. The first-order valence-electron chi connectivity index (χ1n) is 6.43. The summed E-state index contributed by atoms with van der Waals surface area (Å²) in [7, 11) is 0. The average molecular weight is 319 g/mol. The molecule has 0 atom stereocenters. The summed E-state index contributed by atoms with van der Waals surface area (Å²) in [6.07, 6.45) is 2.12. The number of nitrogens with one attached hydrogen (secondary N) is 2. The van der Waals surface area contributed by atoms with Crippen molar-refractivity contribution >= 4 is 45.7 Å². The van der Waals surface area contributed by atoms with Gasteiger partial charge in [-0.05, 0) is 29.8 Å². The predicted octanol–water partition coefficient (Wildman–Crippen LogP) is 4.66. The number of para-hydroxylation sites is 1. The van der Waals surface area contributed by atoms with Crippen LogP contribution in [0.25, 0.3) is 10.9 Å². The van der Waals surface area contributed by atoms with Crippen molar-refractivity contribution in [3.05, 3.63) is 64.3 Å². The molecule has 0 bridgehead atoms. The number of aromatic nitrogens is 1. The first-order valence-corrected chi connectivity index (χ1v) is 7.19. The van der Waals surface area contributed by atoms with Crippen molar-refractivity contribution in [1.82, 2.24) is 4.98 Å². The number of aromatic amines is 1. The molecule has 2 aromatic carbocycles. The Labute approximate surface area is 131 Å². The molecule has 3 nitrogen and oxygen atoms in total. The lowest BCUT2D eigenvalue weighted by Crippen LogP contribution is -2.14. The fourth-order valence-corrected chi connectivity index (χ4v) is 2.58. The van der Waals surface area contributed by atoms with Gasteiger partial charge in [-0.3, -0.25) is 4.79 Å². The second-order valence-corrected chi connectivity index (χ2v) is 5.55. The number of rotatable bonds is 3. The van der Waals surface area contributed by atoms with Gasteiger partial charge in [-0.15, -0.1) is 0 Å². The maximum Gasteiger partial charge on any atom is 0.228 e. The summed E-state index contributed by atoms with van der Waals surface area (Å²) in [6, 6.07) is 12.8. The molecule has 3 aromatic rings. The third kappa shape index (κ3) is 3.04. The number of H-pyrrole nitrogens is 1. The Kier molecular flexibility index (Phi) is 3.86. The molecule has 0 spiro atoms. The third-order valence-corrected chi connectivity index (χ3v) is 3.79. The molecule has 3 rings (SSSR count). The quantitative estimate of drug-likeness (QED) is 0.725. The normalized spacial score (nSPS) is 10.8. The van der Waals surface area contributed by atoms with E-state index >= 15 is 0 Å². The van der Waals surface area contributed by atoms with Gasteiger partial charge in [0.05, 0.1) is 17.1 Å². The van der Waals surface area contributed by atoms with Crippen LogP contribution in [0, 0.1) is 0 Å². The molecule has 106 valence electrons. The number of anilines is 1. The topological polar surface area (TPSA) is 44.9 Å². The van der Waals surface area contributed by atoms with Crippen LogP contribution in [0.1, 0.15) is 5.56 Å². The molecule has 0 aliphatic heterocycles. The van der Waals surface area contributed by atoms with Crippen LogP contribution < -0.4 is 5.32 Å². The van der Waals surface area contributed by atoms with Crippen molar-refractivity contribution in [2.45, 2.75) is 6.42 Å². The van der Waals surface area contributed by atoms with Crippen LogP contribution in [0.5, 0.6) is 0 Å². The molecule has 0 aliphatic rings. The summed E-state index contributed by atoms with van der Waals surface area (Å²) in [5.41, 5.74) is 2.48. The highest BCUT2D eigenvalue weighted by atomic mass is 35.5. The van der Waals surface area contributed by atoms with Crippen molar-refractivity contribution in [1.29, 1.82) is 0 Å². The van der Waals surface area contributed by atoms with E-state index in [1.165, 1.54) is 0 Å². The Balaban J connectivity index is 1.79. The Morgan fingerprint density at radius 2 is 1.95 bits per heavy atom. The fraction of sp³-hybridized carbons (Fsp3) is 0.0625. The van der Waals surface area contributed by atoms with Gasteiger partial charge in [-0.1, -0.05) is 41.4 Å². The van der Waals surface area contributed by atoms with Crippen molar-refractivity contribution in [2.24, 2.45) is 0 Å². The Bertz CT molecular complexity index is 811. The van der Waals surface area contributed by atoms with Gasteiger partial charge in [-0.2, -0.15) is 0 Å². The summed E-state index contributed by atoms with van der Waals surface area (Å²) in [5, 5.41) is 4.82. The van der Waals surface area contributed by atoms with E-state index in [-0.39, 0.29) is 12.3 Å². The van der Waals surface area contributed by atoms with E-state index < -0.39 is 0 Å². The molecule has 1 amide bonds. The SMILES string of the molecule is O=C(Cc1c[nH]c2ccccc12)Nc1cc(Cl)ccc1Cl. The van der Waals surface area contributed by atoms with E-state index in [4.69, 9.17) is 23.2 Å². The minimum Gasteiger partial charge on any atom is -0.361 e. The minimum absolute atomic E-state index is 0.135. The number of fused-ring (bicyclic) bond motifs is 1. The molecular formula is C16H12Cl2N2O. The van der Waals surface area contributed by atoms with Crippen LogP contribution in [-0.2, 0) is 11.2 Å². The standard InChI is InChI=1S/C16H12Cl2N2O/c17-11-5-6-13(18)15(8-11)20-16(21)7-10-9-19-14-4-2-1-3-12(10)14/h1-6,8-9,19H,7H2,(H,20,21). The monoisotopic (exact) mass is 318 g/mol. The van der Waals surface area contributed by atoms with Gasteiger partial charge in [0.2, 0.25) is 5.91 Å². The number of carbonyl (C=O) groups excluding carboxylic acids is 1. The van der Waals surface area contributed by atoms with Gasteiger partial charge in [-0.25, -0.2) is 0 Å². The fourth-order valence-electron chi connectivity index (χ4n) is 2.24. The second kappa shape index (κ2) is 5.80. The highest BCUT2D eigenvalue weighted by molar-refractivity contribution is 6.35. The lowest BCUT2D eigenvalue weighted by atomic mass is 10.1. The van der Waals surface area contributed by atoms with Crippen LogP contribution >= 0.6 is 23.2 Å². The maximum atomic E-state index is 12.2. The number of amides is 1. The highest BCUT2D eigenvalue weighted by Crippen LogP contribution is 2.26. The molecule has 0 radical (unpaired) electrons. The zero-order valence-electron chi connectivity index (χ0n) is 11.0. The molecule has 0 saturated carbocycles. The van der Waals surface area contributed by atoms with E-state index in [1.54, 1.807) is 18.2 Å². The largest absolute Gasteiger partial charge is 0.361 e. The number of carbonyl (C=O) groups is 1. The van der Waals surface area contributed by atoms with E-state index in [2.05, 4.69) is 10.3 Å². The third-order valence-electron chi connectivity index (χ3n) is 3.23. The van der Waals surface area contributed by atoms with Gasteiger partial charge in [0.15, 0.2) is 0 Å². The zero-order valence-corrected chi connectivity index (χ0v) is 12.5. The zero-order chi connectivity index (χ0) is 14.8. The Morgan fingerprint density at radius 1 is 1.14 bits per heavy atom. The van der Waals surface area contributed by atoms with E-state index in [9.17, 15) is 4.79 Å². The molecule has 1 aromatic heterocycles. The molecule has 0 fully saturated rings. The molecule has 21 heavy (non-hydrogen) atoms. The van der Waals surface area contributed by atoms with Gasteiger partial charge in [0.25, 0.3) is 0 Å². The molecule has 0 saturated heterocycles. The van der Waals surface area contributed by atoms with Crippen molar-refractivity contribution < 1.29 is 4.79 Å². The lowest BCUT2D eigenvalue weighted by molar-refractivity contribution is -0.115. The predicted molar refractivity (Wildman–Crippen MR) is 87.1 cm³/mol. The summed E-state index contributed by atoms with van der Waals surface area (Å²) in [4.78, 5) is 15.3. The summed E-state index contributed by atoms with van der Waals surface area (Å²) < 4.78 is 0. The van der Waals surface area contributed by atoms with Crippen LogP contribution in [0.4, 0.5) is 5.69 Å². The van der Waals surface area contributed by atoms with Crippen LogP contribution in [0.2, 0.25) is 10.0 Å². The summed E-state index contributed by atoms with van der Waals surface area (Å²) in [5.74, 6) is -0.135. The van der Waals surface area contributed by atoms with Gasteiger partial charge in [0.1, 0.15) is 0 Å². The van der Waals surface area contributed by atoms with E-state index in [0.29, 0.717) is 15.7 Å². The van der Waals surface area contributed by atoms with Gasteiger partial charge in [0, 0.05) is 22.1 Å². The lowest BCUT2D eigenvalue weighted by Gasteiger charge is -2.07. The second-order valence-electron chi connectivity index (χ2n) is 4.71. The Morgan fingerprint density at radius 3 is 2.81 bits per heavy atom. The van der Waals surface area contributed by atoms with E-state index in [0.717, 1.165) is 16.5 Å². The first-order chi connectivity index (χ1) is 10.1. The molecule has 0 aliphatic carbocycles. The van der Waals surface area contributed by atoms with Crippen LogP contribution in [0.3, 0.4) is 0 Å². The van der Waals surface area contributed by atoms with Crippen molar-refractivity contribution in [2.75, 3.05) is 5.32 Å². The van der Waals surface area contributed by atoms with Crippen molar-refractivity contribution in [3.63, 3.8) is 0 Å². The van der Waals surface area contributed by atoms with Crippen LogP contribution in [0.15, 0.2) is 48.7 Å². The number of benzene rings is 2. The molecule has 1 heterocycles. The molecule has 0 unspecified atom stereocenters. The summed E-state index contributed by atoms with van der Waals surface area (Å²) in [6.45, 7) is 0. The molecule has 5 heteroatoms. The molecular weight excluding hydrogens is 307 g/mol. The Hall–Kier alpha value is -1.97. The number of halogens is 2. The van der Waals surface area contributed by atoms with Gasteiger partial charge >= 0.3 is 0 Å². The van der Waals surface area contributed by atoms with Crippen molar-refractivity contribution in [3.8, 4) is 0 Å². The highest BCUT2D eigenvalue weighted by Gasteiger charge is 2.10. The minimum atomic E-state index is -0.135. The first kappa shape index (κ1) is 14.0.